The number of hydrogen-bond donors (Lipinski definition) is 2. The van der Waals surface area contributed by atoms with E-state index in [-0.39, 0.29) is 17.0 Å². The molecule has 1 amide bonds. The zero-order valence-corrected chi connectivity index (χ0v) is 15.9. The standard InChI is InChI=1S/C20H27N5O/c1-19(2)10-16(11-20(3,4)24-19)9-18(26)23-17-7-5-15(6-8-17)12-25-14-21-13-22-25/h5-8,10,13-14,24H,9,11-12H2,1-4H3,(H,23,26). The highest BCUT2D eigenvalue weighted by Crippen LogP contribution is 2.29. The Morgan fingerprint density at radius 2 is 1.96 bits per heavy atom. The first-order valence-electron chi connectivity index (χ1n) is 8.92. The van der Waals surface area contributed by atoms with Gasteiger partial charge in [-0.3, -0.25) is 4.79 Å². The highest BCUT2D eigenvalue weighted by atomic mass is 16.1. The fourth-order valence-corrected chi connectivity index (χ4v) is 3.80. The van der Waals surface area contributed by atoms with Crippen molar-refractivity contribution >= 4 is 11.6 Å². The van der Waals surface area contributed by atoms with Crippen LogP contribution in [-0.2, 0) is 11.3 Å². The number of nitrogens with one attached hydrogen (secondary N) is 2. The Morgan fingerprint density at radius 1 is 1.23 bits per heavy atom. The fourth-order valence-electron chi connectivity index (χ4n) is 3.80. The van der Waals surface area contributed by atoms with Gasteiger partial charge in [0.1, 0.15) is 12.7 Å². The maximum absolute atomic E-state index is 12.4. The van der Waals surface area contributed by atoms with E-state index in [9.17, 15) is 4.79 Å². The molecule has 0 saturated carbocycles. The Hall–Kier alpha value is -2.47. The van der Waals surface area contributed by atoms with Gasteiger partial charge >= 0.3 is 0 Å². The van der Waals surface area contributed by atoms with Crippen molar-refractivity contribution in [1.29, 1.82) is 0 Å². The molecule has 2 N–H and O–H groups in total. The zero-order valence-electron chi connectivity index (χ0n) is 15.9. The predicted molar refractivity (Wildman–Crippen MR) is 103 cm³/mol. The number of benzene rings is 1. The van der Waals surface area contributed by atoms with Gasteiger partial charge in [-0.05, 0) is 51.8 Å². The van der Waals surface area contributed by atoms with Crippen LogP contribution in [0.2, 0.25) is 0 Å². The summed E-state index contributed by atoms with van der Waals surface area (Å²) in [6, 6.07) is 7.84. The largest absolute Gasteiger partial charge is 0.326 e. The molecule has 1 aromatic carbocycles. The number of anilines is 1. The number of hydrogen-bond acceptors (Lipinski definition) is 4. The topological polar surface area (TPSA) is 71.8 Å². The Kier molecular flexibility index (Phi) is 4.96. The molecule has 0 atom stereocenters. The van der Waals surface area contributed by atoms with Gasteiger partial charge in [0.15, 0.2) is 0 Å². The van der Waals surface area contributed by atoms with E-state index in [1.807, 2.05) is 24.3 Å². The lowest BCUT2D eigenvalue weighted by Gasteiger charge is -2.41. The molecule has 0 unspecified atom stereocenters. The molecule has 0 fully saturated rings. The lowest BCUT2D eigenvalue weighted by Crippen LogP contribution is -2.54. The van der Waals surface area contributed by atoms with E-state index >= 15 is 0 Å². The maximum Gasteiger partial charge on any atom is 0.228 e. The van der Waals surface area contributed by atoms with Crippen molar-refractivity contribution in [3.63, 3.8) is 0 Å². The first-order chi connectivity index (χ1) is 12.2. The van der Waals surface area contributed by atoms with Crippen molar-refractivity contribution in [3.8, 4) is 0 Å². The Morgan fingerprint density at radius 3 is 2.58 bits per heavy atom. The van der Waals surface area contributed by atoms with Gasteiger partial charge in [0.05, 0.1) is 6.54 Å². The number of amides is 1. The van der Waals surface area contributed by atoms with Crippen LogP contribution in [0.15, 0.2) is 48.6 Å². The summed E-state index contributed by atoms with van der Waals surface area (Å²) < 4.78 is 1.76. The average molecular weight is 353 g/mol. The summed E-state index contributed by atoms with van der Waals surface area (Å²) in [4.78, 5) is 16.4. The van der Waals surface area contributed by atoms with Crippen LogP contribution >= 0.6 is 0 Å². The van der Waals surface area contributed by atoms with Crippen LogP contribution in [-0.4, -0.2) is 31.7 Å². The molecule has 2 aromatic rings. The molecule has 1 aromatic heterocycles. The monoisotopic (exact) mass is 353 g/mol. The van der Waals surface area contributed by atoms with Crippen molar-refractivity contribution in [2.45, 2.75) is 58.2 Å². The van der Waals surface area contributed by atoms with Crippen LogP contribution in [0.4, 0.5) is 5.69 Å². The quantitative estimate of drug-likeness (QED) is 0.810. The normalized spacial score (nSPS) is 18.2. The molecule has 0 saturated heterocycles. The van der Waals surface area contributed by atoms with Crippen molar-refractivity contribution in [2.24, 2.45) is 0 Å². The molecule has 3 rings (SSSR count). The molecule has 6 heteroatoms. The summed E-state index contributed by atoms with van der Waals surface area (Å²) in [7, 11) is 0. The Labute approximate surface area is 154 Å². The van der Waals surface area contributed by atoms with Crippen LogP contribution in [0.1, 0.15) is 46.1 Å². The van der Waals surface area contributed by atoms with Crippen molar-refractivity contribution < 1.29 is 4.79 Å². The Bertz CT molecular complexity index is 788. The predicted octanol–water partition coefficient (Wildman–Crippen LogP) is 3.13. The second-order valence-corrected chi connectivity index (χ2v) is 8.22. The lowest BCUT2D eigenvalue weighted by atomic mass is 9.82. The lowest BCUT2D eigenvalue weighted by molar-refractivity contribution is -0.115. The van der Waals surface area contributed by atoms with E-state index in [4.69, 9.17) is 0 Å². The minimum Gasteiger partial charge on any atom is -0.326 e. The maximum atomic E-state index is 12.4. The van der Waals surface area contributed by atoms with E-state index in [0.29, 0.717) is 13.0 Å². The number of rotatable bonds is 5. The van der Waals surface area contributed by atoms with E-state index in [1.165, 1.54) is 11.9 Å². The molecule has 0 aliphatic carbocycles. The molecule has 26 heavy (non-hydrogen) atoms. The number of carbonyl (C=O) groups is 1. The summed E-state index contributed by atoms with van der Waals surface area (Å²) in [6.07, 6.45) is 6.69. The minimum atomic E-state index is -0.0969. The first kappa shape index (κ1) is 18.3. The van der Waals surface area contributed by atoms with Crippen LogP contribution in [0.3, 0.4) is 0 Å². The van der Waals surface area contributed by atoms with Gasteiger partial charge in [0, 0.05) is 23.2 Å². The molecule has 1 aliphatic rings. The van der Waals surface area contributed by atoms with Crippen molar-refractivity contribution in [2.75, 3.05) is 5.32 Å². The summed E-state index contributed by atoms with van der Waals surface area (Å²) in [5.74, 6) is 0.0220. The van der Waals surface area contributed by atoms with Gasteiger partial charge in [0.2, 0.25) is 5.91 Å². The van der Waals surface area contributed by atoms with Crippen LogP contribution in [0.5, 0.6) is 0 Å². The highest BCUT2D eigenvalue weighted by molar-refractivity contribution is 5.92. The van der Waals surface area contributed by atoms with Gasteiger partial charge in [-0.2, -0.15) is 5.10 Å². The molecule has 6 nitrogen and oxygen atoms in total. The summed E-state index contributed by atoms with van der Waals surface area (Å²) in [6.45, 7) is 9.29. The number of carbonyl (C=O) groups excluding carboxylic acids is 1. The molecule has 138 valence electrons. The van der Waals surface area contributed by atoms with Gasteiger partial charge in [0.25, 0.3) is 0 Å². The van der Waals surface area contributed by atoms with Gasteiger partial charge in [-0.25, -0.2) is 9.67 Å². The smallest absolute Gasteiger partial charge is 0.228 e. The zero-order chi connectivity index (χ0) is 18.8. The van der Waals surface area contributed by atoms with Crippen LogP contribution in [0, 0.1) is 0 Å². The Balaban J connectivity index is 1.59. The van der Waals surface area contributed by atoms with Crippen molar-refractivity contribution in [1.82, 2.24) is 20.1 Å². The third-order valence-electron chi connectivity index (χ3n) is 4.33. The van der Waals surface area contributed by atoms with E-state index in [1.54, 1.807) is 11.0 Å². The average Bonchev–Trinajstić information content (AvgIpc) is 2.98. The molecular formula is C20H27N5O. The molecule has 0 radical (unpaired) electrons. The molecule has 1 aliphatic heterocycles. The van der Waals surface area contributed by atoms with Crippen LogP contribution in [0.25, 0.3) is 0 Å². The van der Waals surface area contributed by atoms with E-state index in [2.05, 4.69) is 54.5 Å². The van der Waals surface area contributed by atoms with E-state index < -0.39 is 0 Å². The molecule has 0 bridgehead atoms. The summed E-state index contributed by atoms with van der Waals surface area (Å²) in [5, 5.41) is 10.7. The first-order valence-corrected chi connectivity index (χ1v) is 8.92. The van der Waals surface area contributed by atoms with Crippen molar-refractivity contribution in [3.05, 3.63) is 54.1 Å². The molecule has 0 spiro atoms. The molecular weight excluding hydrogens is 326 g/mol. The number of aromatic nitrogens is 3. The second-order valence-electron chi connectivity index (χ2n) is 8.22. The van der Waals surface area contributed by atoms with Gasteiger partial charge < -0.3 is 10.6 Å². The van der Waals surface area contributed by atoms with E-state index in [0.717, 1.165) is 17.7 Å². The third-order valence-corrected chi connectivity index (χ3v) is 4.33. The summed E-state index contributed by atoms with van der Waals surface area (Å²) >= 11 is 0. The number of nitrogens with zero attached hydrogens (tertiary/aromatic N) is 3. The summed E-state index contributed by atoms with van der Waals surface area (Å²) in [5.41, 5.74) is 3.00. The van der Waals surface area contributed by atoms with Gasteiger partial charge in [-0.1, -0.05) is 23.8 Å². The minimum absolute atomic E-state index is 0.00311. The van der Waals surface area contributed by atoms with Gasteiger partial charge in [-0.15, -0.1) is 0 Å². The van der Waals surface area contributed by atoms with Crippen LogP contribution < -0.4 is 10.6 Å². The SMILES string of the molecule is CC1(C)C=C(CC(=O)Nc2ccc(Cn3cncn3)cc2)CC(C)(C)N1. The second kappa shape index (κ2) is 7.03. The fraction of sp³-hybridized carbons (Fsp3) is 0.450. The highest BCUT2D eigenvalue weighted by Gasteiger charge is 2.32. The third kappa shape index (κ3) is 5.02. The molecule has 2 heterocycles.